The molecule has 0 amide bonds. The molecule has 5 rings (SSSR count). The second kappa shape index (κ2) is 5.82. The van der Waals surface area contributed by atoms with Crippen LogP contribution in [0, 0.1) is 9.49 Å². The molecule has 128 valence electrons. The van der Waals surface area contributed by atoms with E-state index >= 15 is 0 Å². The molecule has 0 saturated carbocycles. The van der Waals surface area contributed by atoms with Crippen LogP contribution >= 0.6 is 22.6 Å². The highest BCUT2D eigenvalue weighted by Gasteiger charge is 2.44. The van der Waals surface area contributed by atoms with Gasteiger partial charge in [-0.15, -0.1) is 0 Å². The second-order valence-corrected chi connectivity index (χ2v) is 9.30. The lowest BCUT2D eigenvalue weighted by atomic mass is 9.74. The van der Waals surface area contributed by atoms with Crippen LogP contribution in [-0.4, -0.2) is 0 Å². The molecular formula is C25H21I. The first-order valence-corrected chi connectivity index (χ1v) is 10.3. The van der Waals surface area contributed by atoms with E-state index in [0.717, 1.165) is 0 Å². The Balaban J connectivity index is 1.64. The average Bonchev–Trinajstić information content (AvgIpc) is 2.89. The van der Waals surface area contributed by atoms with Crippen LogP contribution in [0.3, 0.4) is 0 Å². The van der Waals surface area contributed by atoms with E-state index in [1.54, 1.807) is 0 Å². The normalized spacial score (nSPS) is 22.4. The molecule has 3 aromatic rings. The zero-order chi connectivity index (χ0) is 17.9. The maximum Gasteiger partial charge on any atom is 0.0136 e. The molecule has 0 spiro atoms. The van der Waals surface area contributed by atoms with Crippen molar-refractivity contribution >= 4 is 33.4 Å². The fourth-order valence-corrected chi connectivity index (χ4v) is 5.27. The molecule has 3 aromatic carbocycles. The van der Waals surface area contributed by atoms with E-state index in [0.29, 0.717) is 11.8 Å². The van der Waals surface area contributed by atoms with Gasteiger partial charge in [0, 0.05) is 9.49 Å². The van der Waals surface area contributed by atoms with E-state index in [-0.39, 0.29) is 5.41 Å². The average molecular weight is 448 g/mol. The second-order valence-electron chi connectivity index (χ2n) is 8.05. The third kappa shape index (κ3) is 2.40. The molecule has 0 aromatic heterocycles. The van der Waals surface area contributed by atoms with Gasteiger partial charge in [-0.05, 0) is 85.1 Å². The third-order valence-electron chi connectivity index (χ3n) is 6.21. The van der Waals surface area contributed by atoms with Gasteiger partial charge in [0.2, 0.25) is 0 Å². The summed E-state index contributed by atoms with van der Waals surface area (Å²) in [5, 5.41) is 2.62. The minimum Gasteiger partial charge on any atom is -0.0796 e. The Morgan fingerprint density at radius 1 is 0.769 bits per heavy atom. The summed E-state index contributed by atoms with van der Waals surface area (Å²) in [6.07, 6.45) is 9.17. The van der Waals surface area contributed by atoms with Gasteiger partial charge in [-0.2, -0.15) is 0 Å². The van der Waals surface area contributed by atoms with E-state index < -0.39 is 0 Å². The summed E-state index contributed by atoms with van der Waals surface area (Å²) in [5.74, 6) is 1.09. The van der Waals surface area contributed by atoms with Gasteiger partial charge in [0.1, 0.15) is 0 Å². The Morgan fingerprint density at radius 3 is 2.35 bits per heavy atom. The molecule has 0 saturated heterocycles. The maximum atomic E-state index is 2.43. The lowest BCUT2D eigenvalue weighted by Crippen LogP contribution is -2.24. The molecule has 0 nitrogen and oxygen atoms in total. The van der Waals surface area contributed by atoms with Crippen LogP contribution in [0.5, 0.6) is 0 Å². The van der Waals surface area contributed by atoms with Gasteiger partial charge in [0.05, 0.1) is 0 Å². The molecule has 0 radical (unpaired) electrons. The summed E-state index contributed by atoms with van der Waals surface area (Å²) < 4.78 is 1.28. The SMILES string of the molecule is CC1(C)c2cc(-c3ccc4cc(I)ccc4c3)ccc2[C@@H]2C=CC=CC21. The highest BCUT2D eigenvalue weighted by molar-refractivity contribution is 14.1. The first-order chi connectivity index (χ1) is 12.5. The zero-order valence-corrected chi connectivity index (χ0v) is 17.2. The van der Waals surface area contributed by atoms with Crippen LogP contribution in [0.2, 0.25) is 0 Å². The van der Waals surface area contributed by atoms with Crippen molar-refractivity contribution in [1.82, 2.24) is 0 Å². The van der Waals surface area contributed by atoms with Crippen LogP contribution in [0.4, 0.5) is 0 Å². The van der Waals surface area contributed by atoms with Crippen LogP contribution in [0.15, 0.2) is 78.9 Å². The molecule has 0 N–H and O–H groups in total. The lowest BCUT2D eigenvalue weighted by Gasteiger charge is -2.29. The smallest absolute Gasteiger partial charge is 0.0136 e. The first-order valence-electron chi connectivity index (χ1n) is 9.23. The van der Waals surface area contributed by atoms with Gasteiger partial charge in [-0.25, -0.2) is 0 Å². The molecular weight excluding hydrogens is 427 g/mol. The van der Waals surface area contributed by atoms with E-state index in [1.807, 2.05) is 0 Å². The monoisotopic (exact) mass is 448 g/mol. The number of halogens is 1. The molecule has 0 fully saturated rings. The van der Waals surface area contributed by atoms with Crippen molar-refractivity contribution in [3.05, 3.63) is 93.6 Å². The summed E-state index contributed by atoms with van der Waals surface area (Å²) >= 11 is 2.38. The fraction of sp³-hybridized carbons (Fsp3) is 0.200. The Kier molecular flexibility index (Phi) is 3.65. The summed E-state index contributed by atoms with van der Waals surface area (Å²) in [5.41, 5.74) is 5.80. The molecule has 2 aliphatic rings. The summed E-state index contributed by atoms with van der Waals surface area (Å²) in [7, 11) is 0. The van der Waals surface area contributed by atoms with Crippen LogP contribution in [-0.2, 0) is 5.41 Å². The number of allylic oxidation sites excluding steroid dienone is 4. The number of benzene rings is 3. The predicted molar refractivity (Wildman–Crippen MR) is 120 cm³/mol. The van der Waals surface area contributed by atoms with Crippen LogP contribution in [0.25, 0.3) is 21.9 Å². The molecule has 0 bridgehead atoms. The van der Waals surface area contributed by atoms with Gasteiger partial charge in [0.15, 0.2) is 0 Å². The van der Waals surface area contributed by atoms with Gasteiger partial charge in [0.25, 0.3) is 0 Å². The Bertz CT molecular complexity index is 1080. The summed E-state index contributed by atoms with van der Waals surface area (Å²) in [4.78, 5) is 0. The van der Waals surface area contributed by atoms with Crippen molar-refractivity contribution in [2.75, 3.05) is 0 Å². The minimum atomic E-state index is 0.171. The quantitative estimate of drug-likeness (QED) is 0.345. The van der Waals surface area contributed by atoms with Gasteiger partial charge in [-0.1, -0.05) is 74.5 Å². The van der Waals surface area contributed by atoms with Crippen LogP contribution in [0.1, 0.15) is 30.9 Å². The molecule has 1 unspecified atom stereocenters. The molecule has 1 heteroatoms. The van der Waals surface area contributed by atoms with E-state index in [4.69, 9.17) is 0 Å². The van der Waals surface area contributed by atoms with Gasteiger partial charge < -0.3 is 0 Å². The Labute approximate surface area is 168 Å². The van der Waals surface area contributed by atoms with E-state index in [2.05, 4.69) is 115 Å². The zero-order valence-electron chi connectivity index (χ0n) is 15.0. The van der Waals surface area contributed by atoms with Crippen molar-refractivity contribution in [2.45, 2.75) is 25.2 Å². The van der Waals surface area contributed by atoms with Crippen molar-refractivity contribution in [2.24, 2.45) is 5.92 Å². The Hall–Kier alpha value is -1.87. The minimum absolute atomic E-state index is 0.171. The highest BCUT2D eigenvalue weighted by Crippen LogP contribution is 2.53. The van der Waals surface area contributed by atoms with E-state index in [9.17, 15) is 0 Å². The topological polar surface area (TPSA) is 0 Å². The van der Waals surface area contributed by atoms with Gasteiger partial charge in [-0.3, -0.25) is 0 Å². The molecule has 2 aliphatic carbocycles. The molecule has 26 heavy (non-hydrogen) atoms. The Morgan fingerprint density at radius 2 is 1.46 bits per heavy atom. The van der Waals surface area contributed by atoms with Crippen molar-refractivity contribution in [1.29, 1.82) is 0 Å². The maximum absolute atomic E-state index is 2.43. The molecule has 2 atom stereocenters. The standard InChI is InChI=1S/C25H21I/c1-25(2)23-6-4-3-5-21(23)22-12-10-19(15-24(22)25)16-7-8-18-14-20(26)11-9-17(18)13-16/h3-15,21,23H,1-2H3/t21-,23?/m0/s1. The van der Waals surface area contributed by atoms with Crippen molar-refractivity contribution < 1.29 is 0 Å². The first kappa shape index (κ1) is 16.3. The van der Waals surface area contributed by atoms with E-state index in [1.165, 1.54) is 36.6 Å². The molecule has 0 aliphatic heterocycles. The number of hydrogen-bond donors (Lipinski definition) is 0. The number of hydrogen-bond acceptors (Lipinski definition) is 0. The molecule has 0 heterocycles. The van der Waals surface area contributed by atoms with Crippen molar-refractivity contribution in [3.8, 4) is 11.1 Å². The fourth-order valence-electron chi connectivity index (χ4n) is 4.75. The highest BCUT2D eigenvalue weighted by atomic mass is 127. The summed E-state index contributed by atoms with van der Waals surface area (Å²) in [6, 6.07) is 20.6. The van der Waals surface area contributed by atoms with Crippen molar-refractivity contribution in [3.63, 3.8) is 0 Å². The predicted octanol–water partition coefficient (Wildman–Crippen LogP) is 7.23. The third-order valence-corrected chi connectivity index (χ3v) is 6.88. The van der Waals surface area contributed by atoms with Gasteiger partial charge >= 0.3 is 0 Å². The number of rotatable bonds is 1. The summed E-state index contributed by atoms with van der Waals surface area (Å²) in [6.45, 7) is 4.79. The van der Waals surface area contributed by atoms with Crippen LogP contribution < -0.4 is 0 Å². The number of fused-ring (bicyclic) bond motifs is 4. The largest absolute Gasteiger partial charge is 0.0796 e. The lowest BCUT2D eigenvalue weighted by molar-refractivity contribution is 0.394.